The van der Waals surface area contributed by atoms with Crippen molar-refractivity contribution in [2.24, 2.45) is 11.8 Å². The average molecular weight is 391 g/mol. The van der Waals surface area contributed by atoms with Crippen LogP contribution >= 0.6 is 0 Å². The molecule has 1 saturated carbocycles. The predicted octanol–water partition coefficient (Wildman–Crippen LogP) is 4.85. The number of rotatable bonds is 8. The van der Waals surface area contributed by atoms with Gasteiger partial charge in [-0.15, -0.1) is 0 Å². The summed E-state index contributed by atoms with van der Waals surface area (Å²) < 4.78 is 0. The number of Topliss-reactive ketones (excluding diaryl/α,β-unsaturated/α-hetero) is 1. The van der Waals surface area contributed by atoms with Gasteiger partial charge in [0.25, 0.3) is 0 Å². The lowest BCUT2D eigenvalue weighted by molar-refractivity contribution is -0.125. The summed E-state index contributed by atoms with van der Waals surface area (Å²) in [6, 6.07) is 1.19. The Bertz CT molecular complexity index is 519. The Morgan fingerprint density at radius 3 is 2.18 bits per heavy atom. The third kappa shape index (κ3) is 6.30. The zero-order valence-electron chi connectivity index (χ0n) is 18.5. The van der Waals surface area contributed by atoms with Gasteiger partial charge in [0, 0.05) is 30.0 Å². The fraction of sp³-hybridized carbons (Fsp3) is 0.917. The third-order valence-electron chi connectivity index (χ3n) is 7.17. The first-order chi connectivity index (χ1) is 13.3. The van der Waals surface area contributed by atoms with E-state index in [4.69, 9.17) is 0 Å². The van der Waals surface area contributed by atoms with E-state index in [0.29, 0.717) is 30.3 Å². The van der Waals surface area contributed by atoms with Crippen LogP contribution in [0.5, 0.6) is 0 Å². The maximum absolute atomic E-state index is 12.4. The molecule has 4 nitrogen and oxygen atoms in total. The smallest absolute Gasteiger partial charge is 0.234 e. The first-order valence-electron chi connectivity index (χ1n) is 11.9. The summed E-state index contributed by atoms with van der Waals surface area (Å²) in [5.41, 5.74) is -0.149. The van der Waals surface area contributed by atoms with Crippen molar-refractivity contribution in [3.05, 3.63) is 0 Å². The Morgan fingerprint density at radius 1 is 0.929 bits per heavy atom. The number of nitrogens with zero attached hydrogens (tertiary/aromatic N) is 1. The molecular formula is C24H42N2O2. The van der Waals surface area contributed by atoms with Crippen LogP contribution in [0.2, 0.25) is 0 Å². The Hall–Kier alpha value is -0.900. The Kier molecular flexibility index (Phi) is 7.58. The molecule has 0 radical (unpaired) electrons. The van der Waals surface area contributed by atoms with Crippen LogP contribution in [0.25, 0.3) is 0 Å². The van der Waals surface area contributed by atoms with Gasteiger partial charge in [-0.3, -0.25) is 14.5 Å². The standard InChI is InChI=1S/C24H42N2O2/c1-24(2,3)25-23(28)17-26-20-13-14-21(26)16-18(15-20)9-7-8-12-22(27)19-10-5-4-6-11-19/h18-21H,4-17H2,1-3H3,(H,25,28)/t18?,20-,21+. The summed E-state index contributed by atoms with van der Waals surface area (Å²) >= 11 is 0. The molecule has 3 atom stereocenters. The molecule has 28 heavy (non-hydrogen) atoms. The van der Waals surface area contributed by atoms with Gasteiger partial charge in [-0.2, -0.15) is 0 Å². The van der Waals surface area contributed by atoms with Crippen molar-refractivity contribution in [1.29, 1.82) is 0 Å². The zero-order valence-corrected chi connectivity index (χ0v) is 18.5. The second-order valence-corrected chi connectivity index (χ2v) is 10.7. The summed E-state index contributed by atoms with van der Waals surface area (Å²) in [5.74, 6) is 1.89. The number of amides is 1. The van der Waals surface area contributed by atoms with Crippen LogP contribution in [0.15, 0.2) is 0 Å². The second-order valence-electron chi connectivity index (χ2n) is 10.7. The van der Waals surface area contributed by atoms with Crippen LogP contribution in [0.1, 0.15) is 104 Å². The lowest BCUT2D eigenvalue weighted by Gasteiger charge is -2.39. The third-order valence-corrected chi connectivity index (χ3v) is 7.17. The molecule has 2 bridgehead atoms. The number of hydrogen-bond donors (Lipinski definition) is 1. The van der Waals surface area contributed by atoms with E-state index >= 15 is 0 Å². The van der Waals surface area contributed by atoms with Gasteiger partial charge < -0.3 is 5.32 Å². The number of carbonyl (C=O) groups is 2. The van der Waals surface area contributed by atoms with E-state index in [1.165, 1.54) is 57.8 Å². The van der Waals surface area contributed by atoms with Gasteiger partial charge in [0.1, 0.15) is 5.78 Å². The molecule has 0 aromatic heterocycles. The molecule has 1 aliphatic carbocycles. The molecule has 3 rings (SSSR count). The topological polar surface area (TPSA) is 49.4 Å². The predicted molar refractivity (Wildman–Crippen MR) is 114 cm³/mol. The lowest BCUT2D eigenvalue weighted by Crippen LogP contribution is -2.51. The van der Waals surface area contributed by atoms with E-state index in [2.05, 4.69) is 10.2 Å². The number of ketones is 1. The van der Waals surface area contributed by atoms with E-state index in [0.717, 1.165) is 31.6 Å². The van der Waals surface area contributed by atoms with Crippen LogP contribution in [-0.2, 0) is 9.59 Å². The minimum Gasteiger partial charge on any atom is -0.350 e. The van der Waals surface area contributed by atoms with Gasteiger partial charge >= 0.3 is 0 Å². The number of carbonyl (C=O) groups excluding carboxylic acids is 2. The molecule has 4 heteroatoms. The number of piperidine rings is 1. The first kappa shape index (κ1) is 21.8. The Balaban J connectivity index is 1.35. The molecule has 0 spiro atoms. The fourth-order valence-corrected chi connectivity index (χ4v) is 5.87. The van der Waals surface area contributed by atoms with Crippen molar-refractivity contribution in [3.8, 4) is 0 Å². The molecule has 2 saturated heterocycles. The molecule has 3 aliphatic rings. The van der Waals surface area contributed by atoms with Crippen molar-refractivity contribution in [2.45, 2.75) is 122 Å². The highest BCUT2D eigenvalue weighted by molar-refractivity contribution is 5.81. The van der Waals surface area contributed by atoms with E-state index in [-0.39, 0.29) is 11.4 Å². The minimum atomic E-state index is -0.149. The van der Waals surface area contributed by atoms with Gasteiger partial charge in [-0.05, 0) is 71.6 Å². The highest BCUT2D eigenvalue weighted by atomic mass is 16.2. The number of fused-ring (bicyclic) bond motifs is 2. The Labute approximate surface area is 172 Å². The summed E-state index contributed by atoms with van der Waals surface area (Å²) in [6.45, 7) is 6.70. The number of hydrogen-bond acceptors (Lipinski definition) is 3. The lowest BCUT2D eigenvalue weighted by atomic mass is 9.83. The van der Waals surface area contributed by atoms with Gasteiger partial charge in [-0.25, -0.2) is 0 Å². The van der Waals surface area contributed by atoms with Crippen molar-refractivity contribution in [2.75, 3.05) is 6.54 Å². The molecular weight excluding hydrogens is 348 g/mol. The largest absolute Gasteiger partial charge is 0.350 e. The summed E-state index contributed by atoms with van der Waals surface area (Å²) in [7, 11) is 0. The van der Waals surface area contributed by atoms with Gasteiger partial charge in [0.15, 0.2) is 0 Å². The molecule has 2 heterocycles. The summed E-state index contributed by atoms with van der Waals surface area (Å²) in [4.78, 5) is 27.2. The number of nitrogens with one attached hydrogen (secondary N) is 1. The van der Waals surface area contributed by atoms with Gasteiger partial charge in [0.05, 0.1) is 6.54 Å². The molecule has 2 aliphatic heterocycles. The maximum Gasteiger partial charge on any atom is 0.234 e. The zero-order chi connectivity index (χ0) is 20.1. The average Bonchev–Trinajstić information content (AvgIpc) is 2.86. The van der Waals surface area contributed by atoms with Crippen LogP contribution in [0.4, 0.5) is 0 Å². The van der Waals surface area contributed by atoms with Crippen molar-refractivity contribution in [3.63, 3.8) is 0 Å². The quantitative estimate of drug-likeness (QED) is 0.603. The normalized spacial score (nSPS) is 29.0. The summed E-state index contributed by atoms with van der Waals surface area (Å²) in [5, 5.41) is 3.11. The molecule has 3 fully saturated rings. The molecule has 160 valence electrons. The van der Waals surface area contributed by atoms with Crippen molar-refractivity contribution < 1.29 is 9.59 Å². The molecule has 0 aromatic rings. The van der Waals surface area contributed by atoms with Crippen LogP contribution in [-0.4, -0.2) is 40.8 Å². The molecule has 1 N–H and O–H groups in total. The van der Waals surface area contributed by atoms with Crippen LogP contribution in [0, 0.1) is 11.8 Å². The minimum absolute atomic E-state index is 0.149. The van der Waals surface area contributed by atoms with Gasteiger partial charge in [0.2, 0.25) is 5.91 Å². The molecule has 1 unspecified atom stereocenters. The highest BCUT2D eigenvalue weighted by Crippen LogP contribution is 2.40. The molecule has 1 amide bonds. The van der Waals surface area contributed by atoms with Crippen LogP contribution in [0.3, 0.4) is 0 Å². The van der Waals surface area contributed by atoms with E-state index < -0.39 is 0 Å². The first-order valence-corrected chi connectivity index (χ1v) is 11.9. The van der Waals surface area contributed by atoms with E-state index in [1.54, 1.807) is 0 Å². The maximum atomic E-state index is 12.4. The highest BCUT2D eigenvalue weighted by Gasteiger charge is 2.41. The summed E-state index contributed by atoms with van der Waals surface area (Å²) in [6.07, 6.45) is 15.5. The van der Waals surface area contributed by atoms with E-state index in [1.807, 2.05) is 20.8 Å². The SMILES string of the molecule is CC(C)(C)NC(=O)CN1[C@@H]2CC[C@H]1CC(CCCCC(=O)C1CCCCC1)C2. The van der Waals surface area contributed by atoms with Crippen molar-refractivity contribution in [1.82, 2.24) is 10.2 Å². The Morgan fingerprint density at radius 2 is 1.57 bits per heavy atom. The van der Waals surface area contributed by atoms with Crippen LogP contribution < -0.4 is 5.32 Å². The molecule has 0 aromatic carbocycles. The fourth-order valence-electron chi connectivity index (χ4n) is 5.87. The van der Waals surface area contributed by atoms with Crippen molar-refractivity contribution >= 4 is 11.7 Å². The monoisotopic (exact) mass is 390 g/mol. The van der Waals surface area contributed by atoms with E-state index in [9.17, 15) is 9.59 Å². The number of unbranched alkanes of at least 4 members (excludes halogenated alkanes) is 1. The second kappa shape index (κ2) is 9.73. The van der Waals surface area contributed by atoms with Gasteiger partial charge in [-0.1, -0.05) is 32.1 Å².